The summed E-state index contributed by atoms with van der Waals surface area (Å²) in [5.41, 5.74) is 6.12. The van der Waals surface area contributed by atoms with Crippen molar-refractivity contribution in [1.82, 2.24) is 0 Å². The number of methoxy groups -OCH3 is 3. The second-order valence-corrected chi connectivity index (χ2v) is 4.14. The number of halogens is 1. The molecule has 6 nitrogen and oxygen atoms in total. The Hall–Kier alpha value is -2.02. The van der Waals surface area contributed by atoms with Crippen LogP contribution in [0.2, 0.25) is 0 Å². The fraction of sp³-hybridized carbons (Fsp3) is 0.500. The molecule has 0 aliphatic heterocycles. The first kappa shape index (κ1) is 17.0. The minimum Gasteiger partial charge on any atom is -0.493 e. The van der Waals surface area contributed by atoms with Crippen molar-refractivity contribution >= 4 is 5.97 Å². The Balaban J connectivity index is 3.15. The van der Waals surface area contributed by atoms with Crippen LogP contribution in [0.4, 0.5) is 4.39 Å². The number of rotatable bonds is 7. The highest BCUT2D eigenvalue weighted by atomic mass is 19.1. The maximum absolute atomic E-state index is 14.0. The van der Waals surface area contributed by atoms with Gasteiger partial charge >= 0.3 is 5.97 Å². The van der Waals surface area contributed by atoms with E-state index in [9.17, 15) is 9.18 Å². The molecular weight excluding hydrogens is 281 g/mol. The fourth-order valence-electron chi connectivity index (χ4n) is 1.83. The van der Waals surface area contributed by atoms with Crippen LogP contribution in [0.1, 0.15) is 18.5 Å². The number of hydrogen-bond acceptors (Lipinski definition) is 6. The van der Waals surface area contributed by atoms with E-state index in [1.165, 1.54) is 33.5 Å². The second kappa shape index (κ2) is 7.68. The molecule has 118 valence electrons. The lowest BCUT2D eigenvalue weighted by Crippen LogP contribution is -2.31. The number of carbonyl (C=O) groups excluding carboxylic acids is 1. The summed E-state index contributed by atoms with van der Waals surface area (Å²) in [7, 11) is 4.33. The van der Waals surface area contributed by atoms with Gasteiger partial charge < -0.3 is 24.7 Å². The van der Waals surface area contributed by atoms with E-state index in [2.05, 4.69) is 4.74 Å². The molecule has 0 radical (unpaired) electrons. The van der Waals surface area contributed by atoms with E-state index in [1.807, 2.05) is 0 Å². The largest absolute Gasteiger partial charge is 0.493 e. The monoisotopic (exact) mass is 301 g/mol. The Morgan fingerprint density at radius 1 is 1.19 bits per heavy atom. The zero-order valence-corrected chi connectivity index (χ0v) is 12.5. The van der Waals surface area contributed by atoms with Crippen LogP contribution in [-0.4, -0.2) is 40.1 Å². The lowest BCUT2D eigenvalue weighted by Gasteiger charge is -2.19. The molecule has 0 amide bonds. The molecule has 1 aromatic rings. The van der Waals surface area contributed by atoms with E-state index >= 15 is 0 Å². The number of benzene rings is 1. The van der Waals surface area contributed by atoms with E-state index in [0.29, 0.717) is 22.8 Å². The Labute approximate surface area is 122 Å². The molecule has 1 unspecified atom stereocenters. The Kier molecular flexibility index (Phi) is 6.23. The summed E-state index contributed by atoms with van der Waals surface area (Å²) in [5.74, 6) is 0.0259. The van der Waals surface area contributed by atoms with Crippen LogP contribution in [0.25, 0.3) is 0 Å². The maximum atomic E-state index is 14.0. The van der Waals surface area contributed by atoms with Gasteiger partial charge in [-0.3, -0.25) is 0 Å². The molecule has 0 heterocycles. The molecule has 2 N–H and O–H groups in total. The highest BCUT2D eigenvalue weighted by molar-refractivity contribution is 5.76. The summed E-state index contributed by atoms with van der Waals surface area (Å²) in [6.07, 6.45) is -1.98. The first-order valence-corrected chi connectivity index (χ1v) is 6.36. The first-order valence-electron chi connectivity index (χ1n) is 6.36. The highest BCUT2D eigenvalue weighted by Crippen LogP contribution is 2.40. The fourth-order valence-corrected chi connectivity index (χ4v) is 1.83. The number of ether oxygens (including phenoxy) is 4. The van der Waals surface area contributed by atoms with Crippen molar-refractivity contribution in [3.8, 4) is 17.2 Å². The molecule has 0 saturated carbocycles. The standard InChI is InChI=1S/C14H20FNO5/c1-5-21-14(17)11(15)12(16)8-6-9(18-2)13(20-4)10(7-8)19-3/h6-7,11-12H,5,16H2,1-4H3/t11?,12-/m0/s1. The minimum absolute atomic E-state index is 0.0846. The zero-order valence-electron chi connectivity index (χ0n) is 12.5. The molecule has 0 aliphatic carbocycles. The summed E-state index contributed by atoms with van der Waals surface area (Å²) in [6, 6.07) is 1.80. The van der Waals surface area contributed by atoms with E-state index in [4.69, 9.17) is 19.9 Å². The topological polar surface area (TPSA) is 80.0 Å². The molecule has 0 aromatic heterocycles. The van der Waals surface area contributed by atoms with Crippen LogP contribution in [0.15, 0.2) is 12.1 Å². The van der Waals surface area contributed by atoms with Gasteiger partial charge in [-0.2, -0.15) is 0 Å². The molecular formula is C14H20FNO5. The van der Waals surface area contributed by atoms with Crippen molar-refractivity contribution in [2.45, 2.75) is 19.1 Å². The quantitative estimate of drug-likeness (QED) is 0.771. The van der Waals surface area contributed by atoms with Gasteiger partial charge in [-0.15, -0.1) is 0 Å². The van der Waals surface area contributed by atoms with Crippen molar-refractivity contribution in [2.24, 2.45) is 5.73 Å². The second-order valence-electron chi connectivity index (χ2n) is 4.14. The van der Waals surface area contributed by atoms with E-state index in [-0.39, 0.29) is 6.61 Å². The van der Waals surface area contributed by atoms with Gasteiger partial charge in [-0.1, -0.05) is 0 Å². The average Bonchev–Trinajstić information content (AvgIpc) is 2.51. The molecule has 7 heteroatoms. The number of hydrogen-bond donors (Lipinski definition) is 1. The predicted octanol–water partition coefficient (Wildman–Crippen LogP) is 1.61. The highest BCUT2D eigenvalue weighted by Gasteiger charge is 2.29. The summed E-state index contributed by atoms with van der Waals surface area (Å²) in [5, 5.41) is 0. The van der Waals surface area contributed by atoms with Crippen LogP contribution < -0.4 is 19.9 Å². The van der Waals surface area contributed by atoms with Crippen molar-refractivity contribution in [1.29, 1.82) is 0 Å². The Morgan fingerprint density at radius 2 is 1.71 bits per heavy atom. The van der Waals surface area contributed by atoms with Crippen LogP contribution in [0, 0.1) is 0 Å². The van der Waals surface area contributed by atoms with Crippen LogP contribution in [-0.2, 0) is 9.53 Å². The third-order valence-electron chi connectivity index (χ3n) is 2.90. The molecule has 0 fully saturated rings. The van der Waals surface area contributed by atoms with Gasteiger partial charge in [0, 0.05) is 0 Å². The van der Waals surface area contributed by atoms with E-state index in [0.717, 1.165) is 0 Å². The van der Waals surface area contributed by atoms with Gasteiger partial charge in [-0.25, -0.2) is 9.18 Å². The lowest BCUT2D eigenvalue weighted by atomic mass is 10.0. The van der Waals surface area contributed by atoms with Gasteiger partial charge in [0.25, 0.3) is 0 Å². The number of nitrogens with two attached hydrogens (primary N) is 1. The smallest absolute Gasteiger partial charge is 0.342 e. The van der Waals surface area contributed by atoms with Gasteiger partial charge in [0.2, 0.25) is 11.9 Å². The molecule has 0 saturated heterocycles. The number of alkyl halides is 1. The van der Waals surface area contributed by atoms with Gasteiger partial charge in [0.15, 0.2) is 11.5 Å². The molecule has 2 atom stereocenters. The van der Waals surface area contributed by atoms with E-state index in [1.54, 1.807) is 6.92 Å². The third kappa shape index (κ3) is 3.75. The molecule has 0 aliphatic rings. The third-order valence-corrected chi connectivity index (χ3v) is 2.90. The van der Waals surface area contributed by atoms with Gasteiger partial charge in [0.05, 0.1) is 34.0 Å². The predicted molar refractivity (Wildman–Crippen MR) is 74.6 cm³/mol. The molecule has 0 spiro atoms. The van der Waals surface area contributed by atoms with Crippen molar-refractivity contribution < 1.29 is 28.1 Å². The Bertz CT molecular complexity index is 469. The summed E-state index contributed by atoms with van der Waals surface area (Å²) >= 11 is 0. The number of esters is 1. The van der Waals surface area contributed by atoms with Crippen molar-refractivity contribution in [3.05, 3.63) is 17.7 Å². The molecule has 0 bridgehead atoms. The number of carbonyl (C=O) groups is 1. The van der Waals surface area contributed by atoms with Crippen molar-refractivity contribution in [3.63, 3.8) is 0 Å². The normalized spacial score (nSPS) is 13.2. The summed E-state index contributed by atoms with van der Waals surface area (Å²) < 4.78 is 34.1. The SMILES string of the molecule is CCOC(=O)C(F)[C@@H](N)c1cc(OC)c(OC)c(OC)c1. The van der Waals surface area contributed by atoms with Crippen molar-refractivity contribution in [2.75, 3.05) is 27.9 Å². The summed E-state index contributed by atoms with van der Waals surface area (Å²) in [4.78, 5) is 11.4. The minimum atomic E-state index is -1.98. The molecule has 1 rings (SSSR count). The van der Waals surface area contributed by atoms with Crippen LogP contribution >= 0.6 is 0 Å². The van der Waals surface area contributed by atoms with Gasteiger partial charge in [-0.05, 0) is 24.6 Å². The van der Waals surface area contributed by atoms with E-state index < -0.39 is 18.2 Å². The maximum Gasteiger partial charge on any atom is 0.342 e. The van der Waals surface area contributed by atoms with Crippen LogP contribution in [0.3, 0.4) is 0 Å². The molecule has 21 heavy (non-hydrogen) atoms. The molecule has 1 aromatic carbocycles. The zero-order chi connectivity index (χ0) is 16.0. The lowest BCUT2D eigenvalue weighted by molar-refractivity contribution is -0.149. The van der Waals surface area contributed by atoms with Gasteiger partial charge in [0.1, 0.15) is 0 Å². The first-order chi connectivity index (χ1) is 9.99. The average molecular weight is 301 g/mol. The van der Waals surface area contributed by atoms with Crippen LogP contribution in [0.5, 0.6) is 17.2 Å². The Morgan fingerprint density at radius 3 is 2.10 bits per heavy atom. The summed E-state index contributed by atoms with van der Waals surface area (Å²) in [6.45, 7) is 1.68.